The van der Waals surface area contributed by atoms with Crippen molar-refractivity contribution in [3.63, 3.8) is 0 Å². The molecule has 2 heterocycles. The van der Waals surface area contributed by atoms with Gasteiger partial charge in [0.15, 0.2) is 0 Å². The minimum absolute atomic E-state index is 0.0294. The van der Waals surface area contributed by atoms with Crippen LogP contribution in [-0.4, -0.2) is 59.5 Å². The number of nitrogens with zero attached hydrogens (tertiary/aromatic N) is 2. The fourth-order valence-electron chi connectivity index (χ4n) is 5.76. The Morgan fingerprint density at radius 2 is 1.68 bits per heavy atom. The van der Waals surface area contributed by atoms with E-state index in [1.807, 2.05) is 41.8 Å². The first-order chi connectivity index (χ1) is 13.4. The molecule has 2 atom stereocenters. The molecule has 1 saturated carbocycles. The van der Waals surface area contributed by atoms with Crippen molar-refractivity contribution >= 4 is 11.8 Å². The zero-order valence-corrected chi connectivity index (χ0v) is 17.1. The summed E-state index contributed by atoms with van der Waals surface area (Å²) in [6.07, 6.45) is 3.97. The molecule has 5 heteroatoms. The molecule has 0 bridgehead atoms. The smallest absolute Gasteiger partial charge is 0.233 e. The van der Waals surface area contributed by atoms with E-state index in [1.165, 1.54) is 0 Å². The number of fused-ring (bicyclic) bond motifs is 1. The van der Waals surface area contributed by atoms with Crippen LogP contribution in [0.5, 0.6) is 0 Å². The molecule has 2 saturated heterocycles. The van der Waals surface area contributed by atoms with Crippen LogP contribution in [0.25, 0.3) is 0 Å². The summed E-state index contributed by atoms with van der Waals surface area (Å²) in [5.74, 6) is 0.502. The number of amides is 2. The molecule has 1 aromatic carbocycles. The van der Waals surface area contributed by atoms with Crippen LogP contribution in [0.1, 0.15) is 45.1 Å². The summed E-state index contributed by atoms with van der Waals surface area (Å²) in [7, 11) is 0. The van der Waals surface area contributed by atoms with Crippen LogP contribution < -0.4 is 0 Å². The minimum atomic E-state index is -0.413. The topological polar surface area (TPSA) is 60.9 Å². The first-order valence-electron chi connectivity index (χ1n) is 10.7. The maximum absolute atomic E-state index is 13.7. The van der Waals surface area contributed by atoms with Crippen molar-refractivity contribution in [2.75, 3.05) is 32.8 Å². The van der Waals surface area contributed by atoms with E-state index in [2.05, 4.69) is 12.1 Å². The number of hydrogen-bond donors (Lipinski definition) is 1. The number of aliphatic hydroxyl groups is 1. The molecule has 4 rings (SSSR count). The van der Waals surface area contributed by atoms with Gasteiger partial charge in [0.2, 0.25) is 11.8 Å². The predicted molar refractivity (Wildman–Crippen MR) is 108 cm³/mol. The van der Waals surface area contributed by atoms with E-state index in [4.69, 9.17) is 0 Å². The van der Waals surface area contributed by atoms with Gasteiger partial charge in [-0.1, -0.05) is 57.0 Å². The van der Waals surface area contributed by atoms with Gasteiger partial charge in [-0.3, -0.25) is 9.59 Å². The van der Waals surface area contributed by atoms with E-state index >= 15 is 0 Å². The van der Waals surface area contributed by atoms with Gasteiger partial charge in [-0.15, -0.1) is 0 Å². The molecule has 2 amide bonds. The molecular weight excluding hydrogens is 352 g/mol. The Morgan fingerprint density at radius 1 is 1.07 bits per heavy atom. The Morgan fingerprint density at radius 3 is 2.25 bits per heavy atom. The maximum atomic E-state index is 13.7. The standard InChI is InChI=1S/C23H32N2O3/c1-17(2)20(27)24-12-19-13-25(15-22(19,14-24)16-26)21(28)23(10-6-7-11-23)18-8-4-3-5-9-18/h3-5,8-9,17,19,26H,6-7,10-16H2,1-2H3/t19-,22+/m1/s1. The van der Waals surface area contributed by atoms with Crippen LogP contribution >= 0.6 is 0 Å². The fraction of sp³-hybridized carbons (Fsp3) is 0.652. The van der Waals surface area contributed by atoms with Crippen molar-refractivity contribution in [2.24, 2.45) is 17.3 Å². The number of likely N-dealkylation sites (tertiary alicyclic amines) is 2. The third-order valence-corrected chi connectivity index (χ3v) is 7.36. The van der Waals surface area contributed by atoms with Crippen molar-refractivity contribution in [3.8, 4) is 0 Å². The Bertz CT molecular complexity index is 741. The van der Waals surface area contributed by atoms with Crippen molar-refractivity contribution < 1.29 is 14.7 Å². The molecule has 5 nitrogen and oxygen atoms in total. The average Bonchev–Trinajstić information content (AvgIpc) is 3.40. The molecule has 0 aromatic heterocycles. The van der Waals surface area contributed by atoms with Gasteiger partial charge in [-0.25, -0.2) is 0 Å². The van der Waals surface area contributed by atoms with Gasteiger partial charge in [0.1, 0.15) is 0 Å². The van der Waals surface area contributed by atoms with E-state index < -0.39 is 5.41 Å². The van der Waals surface area contributed by atoms with Gasteiger partial charge in [0, 0.05) is 43.4 Å². The molecule has 0 spiro atoms. The first-order valence-corrected chi connectivity index (χ1v) is 10.7. The third-order valence-electron chi connectivity index (χ3n) is 7.36. The Kier molecular flexibility index (Phi) is 4.98. The highest BCUT2D eigenvalue weighted by atomic mass is 16.3. The van der Waals surface area contributed by atoms with Gasteiger partial charge in [0.05, 0.1) is 12.0 Å². The highest BCUT2D eigenvalue weighted by Crippen LogP contribution is 2.47. The molecule has 3 aliphatic rings. The van der Waals surface area contributed by atoms with Crippen LogP contribution in [-0.2, 0) is 15.0 Å². The van der Waals surface area contributed by atoms with E-state index in [1.54, 1.807) is 0 Å². The number of hydrogen-bond acceptors (Lipinski definition) is 3. The number of aliphatic hydroxyl groups excluding tert-OH is 1. The summed E-state index contributed by atoms with van der Waals surface area (Å²) in [6, 6.07) is 10.2. The molecular formula is C23H32N2O3. The maximum Gasteiger partial charge on any atom is 0.233 e. The lowest BCUT2D eigenvalue weighted by Gasteiger charge is -2.35. The molecule has 2 aliphatic heterocycles. The molecule has 152 valence electrons. The molecule has 1 aliphatic carbocycles. The summed E-state index contributed by atoms with van der Waals surface area (Å²) in [5, 5.41) is 10.2. The quantitative estimate of drug-likeness (QED) is 0.867. The molecule has 1 aromatic rings. The lowest BCUT2D eigenvalue weighted by atomic mass is 9.77. The molecule has 3 fully saturated rings. The van der Waals surface area contributed by atoms with Crippen molar-refractivity contribution in [1.82, 2.24) is 9.80 Å². The lowest BCUT2D eigenvalue weighted by molar-refractivity contribution is -0.137. The summed E-state index contributed by atoms with van der Waals surface area (Å²) in [4.78, 5) is 30.1. The van der Waals surface area contributed by atoms with Gasteiger partial charge < -0.3 is 14.9 Å². The van der Waals surface area contributed by atoms with Crippen LogP contribution in [0.4, 0.5) is 0 Å². The zero-order valence-electron chi connectivity index (χ0n) is 17.1. The Labute approximate surface area is 167 Å². The third kappa shape index (κ3) is 2.95. The highest BCUT2D eigenvalue weighted by Gasteiger charge is 2.56. The average molecular weight is 385 g/mol. The van der Waals surface area contributed by atoms with Gasteiger partial charge in [-0.2, -0.15) is 0 Å². The number of rotatable bonds is 4. The van der Waals surface area contributed by atoms with Gasteiger partial charge >= 0.3 is 0 Å². The van der Waals surface area contributed by atoms with Gasteiger partial charge in [-0.05, 0) is 18.4 Å². The molecule has 1 N–H and O–H groups in total. The van der Waals surface area contributed by atoms with Crippen LogP contribution in [0, 0.1) is 17.3 Å². The number of carbonyl (C=O) groups excluding carboxylic acids is 2. The van der Waals surface area contributed by atoms with E-state index in [-0.39, 0.29) is 35.7 Å². The molecule has 0 unspecified atom stereocenters. The van der Waals surface area contributed by atoms with Crippen LogP contribution in [0.3, 0.4) is 0 Å². The summed E-state index contributed by atoms with van der Waals surface area (Å²) in [6.45, 7) is 6.29. The zero-order chi connectivity index (χ0) is 19.9. The number of carbonyl (C=O) groups is 2. The van der Waals surface area contributed by atoms with Crippen molar-refractivity contribution in [2.45, 2.75) is 44.9 Å². The highest BCUT2D eigenvalue weighted by molar-refractivity contribution is 5.89. The first kappa shape index (κ1) is 19.4. The van der Waals surface area contributed by atoms with Gasteiger partial charge in [0.25, 0.3) is 0 Å². The normalized spacial score (nSPS) is 28.8. The monoisotopic (exact) mass is 384 g/mol. The fourth-order valence-corrected chi connectivity index (χ4v) is 5.76. The second-order valence-corrected chi connectivity index (χ2v) is 9.43. The molecule has 28 heavy (non-hydrogen) atoms. The summed E-state index contributed by atoms with van der Waals surface area (Å²) < 4.78 is 0. The van der Waals surface area contributed by atoms with Crippen molar-refractivity contribution in [3.05, 3.63) is 35.9 Å². The van der Waals surface area contributed by atoms with E-state index in [9.17, 15) is 14.7 Å². The second-order valence-electron chi connectivity index (χ2n) is 9.43. The second kappa shape index (κ2) is 7.18. The number of benzene rings is 1. The Balaban J connectivity index is 1.56. The largest absolute Gasteiger partial charge is 0.396 e. The van der Waals surface area contributed by atoms with E-state index in [0.717, 1.165) is 31.2 Å². The van der Waals surface area contributed by atoms with Crippen LogP contribution in [0.2, 0.25) is 0 Å². The molecule has 0 radical (unpaired) electrons. The Hall–Kier alpha value is -1.88. The predicted octanol–water partition coefficient (Wildman–Crippen LogP) is 2.43. The lowest BCUT2D eigenvalue weighted by Crippen LogP contribution is -2.47. The summed E-state index contributed by atoms with van der Waals surface area (Å²) >= 11 is 0. The van der Waals surface area contributed by atoms with Crippen LogP contribution in [0.15, 0.2) is 30.3 Å². The summed E-state index contributed by atoms with van der Waals surface area (Å²) in [5.41, 5.74) is 0.352. The SMILES string of the molecule is CC(C)C(=O)N1C[C@@H]2CN(C(=O)C3(c4ccccc4)CCCC3)C[C@]2(CO)C1. The van der Waals surface area contributed by atoms with Crippen molar-refractivity contribution in [1.29, 1.82) is 0 Å². The minimum Gasteiger partial charge on any atom is -0.396 e. The van der Waals surface area contributed by atoms with E-state index in [0.29, 0.717) is 26.2 Å².